The smallest absolute Gasteiger partial charge is 0.166 e. The standard InChI is InChI=1S/C18H18Cl2N2/c1-3-4-9-22-17(20)16(19)21-18(22)15-11-12(2)10-13-7-5-6-8-14(13)15/h5-8,10-11H,3-4,9H2,1-2H3. The van der Waals surface area contributed by atoms with Gasteiger partial charge in [0.05, 0.1) is 0 Å². The molecule has 0 aliphatic heterocycles. The molecule has 2 nitrogen and oxygen atoms in total. The first kappa shape index (κ1) is 15.4. The van der Waals surface area contributed by atoms with Crippen molar-refractivity contribution in [1.29, 1.82) is 0 Å². The number of rotatable bonds is 4. The minimum Gasteiger partial charge on any atom is -0.314 e. The molecule has 0 saturated heterocycles. The molecule has 0 saturated carbocycles. The van der Waals surface area contributed by atoms with Crippen LogP contribution in [0.25, 0.3) is 22.2 Å². The van der Waals surface area contributed by atoms with Crippen LogP contribution in [0.4, 0.5) is 0 Å². The number of hydrogen-bond donors (Lipinski definition) is 0. The molecule has 0 radical (unpaired) electrons. The largest absolute Gasteiger partial charge is 0.314 e. The van der Waals surface area contributed by atoms with Crippen LogP contribution in [0.3, 0.4) is 0 Å². The molecular formula is C18H18Cl2N2. The Morgan fingerprint density at radius 2 is 1.91 bits per heavy atom. The fourth-order valence-electron chi connectivity index (χ4n) is 2.78. The van der Waals surface area contributed by atoms with Crippen LogP contribution < -0.4 is 0 Å². The minimum atomic E-state index is 0.373. The highest BCUT2D eigenvalue weighted by atomic mass is 35.5. The molecule has 1 aromatic heterocycles. The van der Waals surface area contributed by atoms with Crippen molar-refractivity contribution in [2.24, 2.45) is 0 Å². The molecule has 0 spiro atoms. The second-order valence-electron chi connectivity index (χ2n) is 5.56. The number of fused-ring (bicyclic) bond motifs is 1. The number of aryl methyl sites for hydroxylation is 1. The summed E-state index contributed by atoms with van der Waals surface area (Å²) in [4.78, 5) is 4.52. The number of halogens is 2. The van der Waals surface area contributed by atoms with Gasteiger partial charge in [-0.05, 0) is 35.7 Å². The first-order valence-corrected chi connectivity index (χ1v) is 8.28. The number of hydrogen-bond acceptors (Lipinski definition) is 1. The van der Waals surface area contributed by atoms with Gasteiger partial charge >= 0.3 is 0 Å². The Morgan fingerprint density at radius 3 is 2.68 bits per heavy atom. The van der Waals surface area contributed by atoms with Gasteiger partial charge in [-0.1, -0.05) is 66.9 Å². The van der Waals surface area contributed by atoms with Gasteiger partial charge in [-0.15, -0.1) is 0 Å². The molecular weight excluding hydrogens is 315 g/mol. The quantitative estimate of drug-likeness (QED) is 0.562. The van der Waals surface area contributed by atoms with Crippen molar-refractivity contribution in [2.75, 3.05) is 0 Å². The lowest BCUT2D eigenvalue weighted by molar-refractivity contribution is 0.638. The maximum Gasteiger partial charge on any atom is 0.166 e. The Morgan fingerprint density at radius 1 is 1.14 bits per heavy atom. The lowest BCUT2D eigenvalue weighted by atomic mass is 10.0. The molecule has 1 heterocycles. The fraction of sp³-hybridized carbons (Fsp3) is 0.278. The summed E-state index contributed by atoms with van der Waals surface area (Å²) in [5.74, 6) is 0.850. The van der Waals surface area contributed by atoms with Gasteiger partial charge in [-0.25, -0.2) is 4.98 Å². The van der Waals surface area contributed by atoms with Crippen LogP contribution in [-0.4, -0.2) is 9.55 Å². The van der Waals surface area contributed by atoms with E-state index >= 15 is 0 Å². The summed E-state index contributed by atoms with van der Waals surface area (Å²) in [7, 11) is 0. The van der Waals surface area contributed by atoms with Crippen molar-refractivity contribution in [3.8, 4) is 11.4 Å². The second-order valence-corrected chi connectivity index (χ2v) is 6.27. The Hall–Kier alpha value is -1.51. The zero-order valence-electron chi connectivity index (χ0n) is 12.7. The van der Waals surface area contributed by atoms with Gasteiger partial charge in [0, 0.05) is 12.1 Å². The van der Waals surface area contributed by atoms with Crippen molar-refractivity contribution >= 4 is 34.0 Å². The normalized spacial score (nSPS) is 11.3. The third-order valence-corrected chi connectivity index (χ3v) is 4.59. The van der Waals surface area contributed by atoms with Gasteiger partial charge in [0.1, 0.15) is 11.0 Å². The third kappa shape index (κ3) is 2.73. The lowest BCUT2D eigenvalue weighted by Gasteiger charge is -2.12. The number of aromatic nitrogens is 2. The monoisotopic (exact) mass is 332 g/mol. The average molecular weight is 333 g/mol. The summed E-state index contributed by atoms with van der Waals surface area (Å²) in [6.07, 6.45) is 2.14. The van der Waals surface area contributed by atoms with Crippen molar-refractivity contribution < 1.29 is 0 Å². The molecule has 4 heteroatoms. The highest BCUT2D eigenvalue weighted by molar-refractivity contribution is 6.40. The van der Waals surface area contributed by atoms with E-state index in [4.69, 9.17) is 23.2 Å². The van der Waals surface area contributed by atoms with Gasteiger partial charge in [-0.2, -0.15) is 0 Å². The number of benzene rings is 2. The Balaban J connectivity index is 2.25. The van der Waals surface area contributed by atoms with E-state index in [1.807, 2.05) is 10.6 Å². The summed E-state index contributed by atoms with van der Waals surface area (Å²) in [5.41, 5.74) is 2.28. The molecule has 0 N–H and O–H groups in total. The predicted molar refractivity (Wildman–Crippen MR) is 94.8 cm³/mol. The van der Waals surface area contributed by atoms with Crippen LogP contribution in [0, 0.1) is 6.92 Å². The summed E-state index contributed by atoms with van der Waals surface area (Å²) < 4.78 is 2.02. The van der Waals surface area contributed by atoms with Crippen LogP contribution in [0.1, 0.15) is 25.3 Å². The Kier molecular flexibility index (Phi) is 4.42. The van der Waals surface area contributed by atoms with Gasteiger partial charge in [0.15, 0.2) is 5.15 Å². The van der Waals surface area contributed by atoms with Crippen molar-refractivity contribution in [1.82, 2.24) is 9.55 Å². The highest BCUT2D eigenvalue weighted by Gasteiger charge is 2.17. The molecule has 0 atom stereocenters. The molecule has 0 aliphatic rings. The molecule has 2 aromatic carbocycles. The predicted octanol–water partition coefficient (Wildman–Crippen LogP) is 6.12. The topological polar surface area (TPSA) is 17.8 Å². The van der Waals surface area contributed by atoms with Gasteiger partial charge in [0.25, 0.3) is 0 Å². The molecule has 0 bridgehead atoms. The average Bonchev–Trinajstić information content (AvgIpc) is 2.79. The van der Waals surface area contributed by atoms with E-state index in [1.165, 1.54) is 16.3 Å². The van der Waals surface area contributed by atoms with E-state index in [-0.39, 0.29) is 0 Å². The lowest BCUT2D eigenvalue weighted by Crippen LogP contribution is -2.01. The second kappa shape index (κ2) is 6.31. The molecule has 3 rings (SSSR count). The summed E-state index contributed by atoms with van der Waals surface area (Å²) in [5, 5.41) is 3.27. The zero-order chi connectivity index (χ0) is 15.7. The first-order valence-electron chi connectivity index (χ1n) is 7.53. The van der Waals surface area contributed by atoms with E-state index in [1.54, 1.807) is 0 Å². The SMILES string of the molecule is CCCCn1c(-c2cc(C)cc3ccccc23)nc(Cl)c1Cl. The van der Waals surface area contributed by atoms with Crippen LogP contribution in [0.5, 0.6) is 0 Å². The van der Waals surface area contributed by atoms with E-state index < -0.39 is 0 Å². The molecule has 22 heavy (non-hydrogen) atoms. The molecule has 0 amide bonds. The van der Waals surface area contributed by atoms with E-state index in [9.17, 15) is 0 Å². The first-order chi connectivity index (χ1) is 10.6. The van der Waals surface area contributed by atoms with Crippen LogP contribution in [-0.2, 0) is 6.54 Å². The Bertz CT molecular complexity index is 821. The number of nitrogens with zero attached hydrogens (tertiary/aromatic N) is 2. The van der Waals surface area contributed by atoms with E-state index in [0.717, 1.165) is 30.8 Å². The zero-order valence-corrected chi connectivity index (χ0v) is 14.2. The summed E-state index contributed by atoms with van der Waals surface area (Å²) >= 11 is 12.5. The number of imidazole rings is 1. The summed E-state index contributed by atoms with van der Waals surface area (Å²) in [6, 6.07) is 12.7. The van der Waals surface area contributed by atoms with Crippen molar-refractivity contribution in [3.05, 3.63) is 52.3 Å². The third-order valence-electron chi connectivity index (χ3n) is 3.85. The van der Waals surface area contributed by atoms with Gasteiger partial charge in [-0.3, -0.25) is 0 Å². The number of unbranched alkanes of at least 4 members (excludes halogenated alkanes) is 1. The highest BCUT2D eigenvalue weighted by Crippen LogP contribution is 2.34. The van der Waals surface area contributed by atoms with Crippen molar-refractivity contribution in [3.63, 3.8) is 0 Å². The van der Waals surface area contributed by atoms with Crippen LogP contribution in [0.2, 0.25) is 10.3 Å². The molecule has 0 aliphatic carbocycles. The van der Waals surface area contributed by atoms with Gasteiger partial charge < -0.3 is 4.57 Å². The molecule has 0 unspecified atom stereocenters. The van der Waals surface area contributed by atoms with E-state index in [0.29, 0.717) is 10.3 Å². The fourth-order valence-corrected chi connectivity index (χ4v) is 3.16. The van der Waals surface area contributed by atoms with Crippen LogP contribution >= 0.6 is 23.2 Å². The molecule has 114 valence electrons. The minimum absolute atomic E-state index is 0.373. The Labute approximate surface area is 140 Å². The maximum absolute atomic E-state index is 6.36. The van der Waals surface area contributed by atoms with E-state index in [2.05, 4.69) is 49.2 Å². The summed E-state index contributed by atoms with van der Waals surface area (Å²) in [6.45, 7) is 5.08. The van der Waals surface area contributed by atoms with Crippen molar-refractivity contribution in [2.45, 2.75) is 33.2 Å². The van der Waals surface area contributed by atoms with Gasteiger partial charge in [0.2, 0.25) is 0 Å². The molecule has 0 fully saturated rings. The van der Waals surface area contributed by atoms with Crippen LogP contribution in [0.15, 0.2) is 36.4 Å². The maximum atomic E-state index is 6.36. The molecule has 3 aromatic rings.